The minimum Gasteiger partial charge on any atom is -0.457 e. The zero-order valence-electron chi connectivity index (χ0n) is 25.4. The van der Waals surface area contributed by atoms with E-state index in [1.807, 2.05) is 64.1 Å². The van der Waals surface area contributed by atoms with Crippen LogP contribution in [0.1, 0.15) is 59.4 Å². The maximum Gasteiger partial charge on any atom is 0.335 e. The van der Waals surface area contributed by atoms with E-state index >= 15 is 0 Å². The van der Waals surface area contributed by atoms with Gasteiger partial charge in [0.1, 0.15) is 35.0 Å². The van der Waals surface area contributed by atoms with E-state index in [0.717, 1.165) is 0 Å². The largest absolute Gasteiger partial charge is 0.457 e. The molecule has 11 nitrogen and oxygen atoms in total. The first kappa shape index (κ1) is 30.5. The van der Waals surface area contributed by atoms with Crippen molar-refractivity contribution in [2.75, 3.05) is 5.73 Å². The quantitative estimate of drug-likeness (QED) is 0.185. The summed E-state index contributed by atoms with van der Waals surface area (Å²) in [5, 5.41) is 16.0. The van der Waals surface area contributed by atoms with E-state index in [2.05, 4.69) is 20.6 Å². The molecule has 1 aliphatic carbocycles. The van der Waals surface area contributed by atoms with Gasteiger partial charge in [0.2, 0.25) is 0 Å². The van der Waals surface area contributed by atoms with Gasteiger partial charge in [0.25, 0.3) is 5.91 Å². The second-order valence-corrected chi connectivity index (χ2v) is 12.0. The molecule has 44 heavy (non-hydrogen) atoms. The van der Waals surface area contributed by atoms with Gasteiger partial charge in [-0.05, 0) is 82.0 Å². The molecule has 0 radical (unpaired) electrons. The van der Waals surface area contributed by atoms with Crippen molar-refractivity contribution in [3.05, 3.63) is 83.1 Å². The normalized spacial score (nSPS) is 17.4. The van der Waals surface area contributed by atoms with Crippen LogP contribution in [0.5, 0.6) is 11.5 Å². The number of para-hydroxylation sites is 1. The van der Waals surface area contributed by atoms with Crippen molar-refractivity contribution in [2.45, 2.75) is 77.0 Å². The molecule has 4 aromatic rings. The van der Waals surface area contributed by atoms with E-state index in [9.17, 15) is 14.9 Å². The minimum atomic E-state index is -0.511. The Morgan fingerprint density at radius 3 is 2.36 bits per heavy atom. The van der Waals surface area contributed by atoms with Gasteiger partial charge in [-0.3, -0.25) is 13.9 Å². The van der Waals surface area contributed by atoms with Crippen LogP contribution in [-0.2, 0) is 4.79 Å². The Morgan fingerprint density at radius 2 is 1.73 bits per heavy atom. The van der Waals surface area contributed by atoms with Crippen molar-refractivity contribution in [2.24, 2.45) is 0 Å². The van der Waals surface area contributed by atoms with Gasteiger partial charge in [0.05, 0.1) is 5.69 Å². The van der Waals surface area contributed by atoms with Crippen LogP contribution in [0.2, 0.25) is 0 Å². The number of ether oxygens (including phenoxy) is 1. The number of nitrogens with two attached hydrogens (primary N) is 1. The van der Waals surface area contributed by atoms with Crippen molar-refractivity contribution < 1.29 is 9.53 Å². The molecule has 0 aliphatic heterocycles. The number of nitriles is 1. The molecule has 1 saturated carbocycles. The highest BCUT2D eigenvalue weighted by Crippen LogP contribution is 2.32. The Labute approximate surface area is 256 Å². The lowest BCUT2D eigenvalue weighted by Gasteiger charge is -2.30. The van der Waals surface area contributed by atoms with Gasteiger partial charge in [0.15, 0.2) is 11.5 Å². The molecule has 0 bridgehead atoms. The molecule has 11 heteroatoms. The third-order valence-corrected chi connectivity index (χ3v) is 7.68. The smallest absolute Gasteiger partial charge is 0.335 e. The van der Waals surface area contributed by atoms with Gasteiger partial charge >= 0.3 is 5.69 Å². The lowest BCUT2D eigenvalue weighted by atomic mass is 9.90. The zero-order valence-corrected chi connectivity index (χ0v) is 25.4. The second kappa shape index (κ2) is 12.7. The van der Waals surface area contributed by atoms with Crippen LogP contribution in [0, 0.1) is 11.3 Å². The first-order chi connectivity index (χ1) is 21.1. The summed E-state index contributed by atoms with van der Waals surface area (Å²) in [6.07, 6.45) is 5.62. The fraction of sp³-hybridized carbons (Fsp3) is 0.364. The molecular weight excluding hydrogens is 556 g/mol. The lowest BCUT2D eigenvalue weighted by molar-refractivity contribution is -0.118. The van der Waals surface area contributed by atoms with Gasteiger partial charge in [-0.15, -0.1) is 0 Å². The van der Waals surface area contributed by atoms with Gasteiger partial charge < -0.3 is 21.1 Å². The summed E-state index contributed by atoms with van der Waals surface area (Å²) >= 11 is 0. The summed E-state index contributed by atoms with van der Waals surface area (Å²) in [5.74, 6) is 1.17. The molecule has 2 aromatic carbocycles. The number of hydrogen-bond donors (Lipinski definition) is 3. The average Bonchev–Trinajstić information content (AvgIpc) is 3.29. The summed E-state index contributed by atoms with van der Waals surface area (Å²) in [4.78, 5) is 35.6. The van der Waals surface area contributed by atoms with Crippen LogP contribution < -0.4 is 26.8 Å². The maximum atomic E-state index is 14.0. The molecule has 2 aromatic heterocycles. The fourth-order valence-corrected chi connectivity index (χ4v) is 5.96. The molecule has 5 rings (SSSR count). The number of anilines is 1. The Bertz CT molecular complexity index is 1760. The number of amides is 1. The predicted molar refractivity (Wildman–Crippen MR) is 170 cm³/mol. The summed E-state index contributed by atoms with van der Waals surface area (Å²) in [5.41, 5.74) is 7.14. The molecule has 0 saturated heterocycles. The Morgan fingerprint density at radius 1 is 1.07 bits per heavy atom. The predicted octanol–water partition coefficient (Wildman–Crippen LogP) is 4.78. The number of carbonyl (C=O) groups is 1. The number of nitrogens with one attached hydrogen (secondary N) is 2. The minimum absolute atomic E-state index is 0.0805. The van der Waals surface area contributed by atoms with Crippen molar-refractivity contribution in [3.8, 4) is 23.3 Å². The monoisotopic (exact) mass is 594 g/mol. The van der Waals surface area contributed by atoms with E-state index in [-0.39, 0.29) is 41.1 Å². The Balaban J connectivity index is 1.34. The van der Waals surface area contributed by atoms with Gasteiger partial charge in [0, 0.05) is 23.7 Å². The summed E-state index contributed by atoms with van der Waals surface area (Å²) in [6, 6.07) is 18.7. The maximum absolute atomic E-state index is 14.0. The van der Waals surface area contributed by atoms with E-state index in [1.54, 1.807) is 39.5 Å². The number of aromatic nitrogens is 4. The van der Waals surface area contributed by atoms with Gasteiger partial charge in [-0.2, -0.15) is 5.26 Å². The topological polar surface area (TPSA) is 153 Å². The van der Waals surface area contributed by atoms with E-state index in [4.69, 9.17) is 10.5 Å². The molecule has 4 N–H and O–H groups in total. The number of benzene rings is 2. The molecule has 1 aliphatic rings. The first-order valence-corrected chi connectivity index (χ1v) is 14.8. The number of nitrogens with zero attached hydrogens (tertiary/aromatic N) is 5. The summed E-state index contributed by atoms with van der Waals surface area (Å²) in [6.45, 7) is 7.89. The Hall–Kier alpha value is -4.95. The van der Waals surface area contributed by atoms with Crippen molar-refractivity contribution in [3.63, 3.8) is 0 Å². The van der Waals surface area contributed by atoms with Crippen molar-refractivity contribution in [1.29, 1.82) is 5.26 Å². The molecular formula is C33H38N8O3. The van der Waals surface area contributed by atoms with E-state index < -0.39 is 5.54 Å². The number of rotatable bonds is 9. The summed E-state index contributed by atoms with van der Waals surface area (Å²) < 4.78 is 9.15. The lowest BCUT2D eigenvalue weighted by Crippen LogP contribution is -2.43. The number of fused-ring (bicyclic) bond motifs is 1. The second-order valence-electron chi connectivity index (χ2n) is 12.0. The highest BCUT2D eigenvalue weighted by Gasteiger charge is 2.30. The van der Waals surface area contributed by atoms with Crippen molar-refractivity contribution in [1.82, 2.24) is 29.7 Å². The van der Waals surface area contributed by atoms with Gasteiger partial charge in [-0.25, -0.2) is 14.8 Å². The van der Waals surface area contributed by atoms with Crippen LogP contribution in [0.3, 0.4) is 0 Å². The van der Waals surface area contributed by atoms with E-state index in [0.29, 0.717) is 54.0 Å². The van der Waals surface area contributed by atoms with Crippen molar-refractivity contribution >= 4 is 22.9 Å². The summed E-state index contributed by atoms with van der Waals surface area (Å²) in [7, 11) is 0. The van der Waals surface area contributed by atoms with Crippen LogP contribution in [0.15, 0.2) is 77.4 Å². The molecule has 0 unspecified atom stereocenters. The van der Waals surface area contributed by atoms with Crippen LogP contribution in [0.4, 0.5) is 5.82 Å². The third-order valence-electron chi connectivity index (χ3n) is 7.68. The molecule has 1 fully saturated rings. The van der Waals surface area contributed by atoms with E-state index in [1.165, 1.54) is 6.33 Å². The fourth-order valence-electron chi connectivity index (χ4n) is 5.96. The standard InChI is InChI=1S/C33H38N8O3/c1-21(2)39-33(3,4)18-22(19-34)31(42)38-23-10-12-25(13-11-23)41-30-28(29(35)36-20-37-30)40(32(41)43)24-14-16-27(17-15-24)44-26-8-6-5-7-9-26/h5-9,14-18,20-21,23,25,39H,10-13H2,1-4H3,(H,38,42)(H2,35,36,37). The third kappa shape index (κ3) is 6.66. The van der Waals surface area contributed by atoms with Crippen LogP contribution in [-0.4, -0.2) is 42.6 Å². The van der Waals surface area contributed by atoms with Crippen LogP contribution >= 0.6 is 0 Å². The number of imidazole rings is 1. The average molecular weight is 595 g/mol. The number of hydrogen-bond acceptors (Lipinski definition) is 8. The van der Waals surface area contributed by atoms with Crippen LogP contribution in [0.25, 0.3) is 16.9 Å². The highest BCUT2D eigenvalue weighted by atomic mass is 16.5. The molecule has 228 valence electrons. The van der Waals surface area contributed by atoms with Gasteiger partial charge in [-0.1, -0.05) is 32.0 Å². The Kier molecular flexibility index (Phi) is 8.83. The highest BCUT2D eigenvalue weighted by molar-refractivity contribution is 5.97. The zero-order chi connectivity index (χ0) is 31.4. The first-order valence-electron chi connectivity index (χ1n) is 14.8. The number of nitrogen functional groups attached to an aromatic ring is 1. The number of carbonyl (C=O) groups excluding carboxylic acids is 1. The molecule has 0 spiro atoms. The molecule has 2 heterocycles. The SMILES string of the molecule is CC(C)NC(C)(C)C=C(C#N)C(=O)NC1CCC(n2c(=O)n(-c3ccc(Oc4ccccc4)cc3)c3c(N)ncnc32)CC1. The molecule has 0 atom stereocenters. The molecule has 1 amide bonds.